The summed E-state index contributed by atoms with van der Waals surface area (Å²) in [7, 11) is 0. The molecule has 2 aromatic carbocycles. The fraction of sp³-hybridized carbons (Fsp3) is 0.294. The van der Waals surface area contributed by atoms with E-state index in [0.29, 0.717) is 12.6 Å². The number of ether oxygens (including phenoxy) is 1. The number of benzene rings is 2. The van der Waals surface area contributed by atoms with E-state index in [2.05, 4.69) is 69.2 Å². The molecule has 0 aliphatic heterocycles. The summed E-state index contributed by atoms with van der Waals surface area (Å²) in [6.45, 7) is 5.69. The van der Waals surface area contributed by atoms with Gasteiger partial charge in [0, 0.05) is 22.6 Å². The van der Waals surface area contributed by atoms with Crippen molar-refractivity contribution in [2.45, 2.75) is 33.0 Å². The number of halogens is 2. The Balaban J connectivity index is 1.99. The van der Waals surface area contributed by atoms with Gasteiger partial charge < -0.3 is 10.1 Å². The molecule has 112 valence electrons. The Labute approximate surface area is 143 Å². The van der Waals surface area contributed by atoms with Crippen LogP contribution in [-0.4, -0.2) is 6.04 Å². The van der Waals surface area contributed by atoms with Crippen molar-refractivity contribution in [2.75, 3.05) is 0 Å². The first-order chi connectivity index (χ1) is 10.1. The molecule has 0 aromatic heterocycles. The minimum absolute atomic E-state index is 0.482. The fourth-order valence-corrected chi connectivity index (χ4v) is 2.80. The van der Waals surface area contributed by atoms with Gasteiger partial charge in [0.15, 0.2) is 0 Å². The molecule has 0 amide bonds. The zero-order chi connectivity index (χ0) is 15.2. The van der Waals surface area contributed by atoms with Crippen molar-refractivity contribution in [2.24, 2.45) is 0 Å². The monoisotopic (exact) mass is 411 g/mol. The minimum atomic E-state index is 0.482. The highest BCUT2D eigenvalue weighted by molar-refractivity contribution is 9.10. The summed E-state index contributed by atoms with van der Waals surface area (Å²) in [5.41, 5.74) is 2.37. The maximum atomic E-state index is 5.89. The molecular weight excluding hydrogens is 394 g/mol. The van der Waals surface area contributed by atoms with Gasteiger partial charge in [-0.2, -0.15) is 0 Å². The molecule has 0 aliphatic carbocycles. The van der Waals surface area contributed by atoms with E-state index in [4.69, 9.17) is 4.74 Å². The molecule has 0 heterocycles. The van der Waals surface area contributed by atoms with Gasteiger partial charge in [-0.05, 0) is 39.7 Å². The van der Waals surface area contributed by atoms with Gasteiger partial charge in [-0.1, -0.05) is 54.0 Å². The molecule has 0 fully saturated rings. The zero-order valence-corrected chi connectivity index (χ0v) is 15.4. The van der Waals surface area contributed by atoms with Crippen LogP contribution in [0.3, 0.4) is 0 Å². The van der Waals surface area contributed by atoms with E-state index in [9.17, 15) is 0 Å². The maximum Gasteiger partial charge on any atom is 0.134 e. The highest BCUT2D eigenvalue weighted by Gasteiger charge is 2.05. The Morgan fingerprint density at radius 2 is 1.81 bits per heavy atom. The predicted molar refractivity (Wildman–Crippen MR) is 94.6 cm³/mol. The smallest absolute Gasteiger partial charge is 0.134 e. The van der Waals surface area contributed by atoms with Crippen LogP contribution in [0.5, 0.6) is 5.75 Å². The van der Waals surface area contributed by atoms with Crippen LogP contribution in [0.25, 0.3) is 0 Å². The Morgan fingerprint density at radius 3 is 2.48 bits per heavy atom. The Morgan fingerprint density at radius 1 is 1.05 bits per heavy atom. The molecule has 2 aromatic rings. The summed E-state index contributed by atoms with van der Waals surface area (Å²) in [6, 6.07) is 14.8. The van der Waals surface area contributed by atoms with E-state index in [-0.39, 0.29) is 0 Å². The van der Waals surface area contributed by atoms with Gasteiger partial charge in [-0.25, -0.2) is 0 Å². The number of hydrogen-bond donors (Lipinski definition) is 1. The van der Waals surface area contributed by atoms with Crippen molar-refractivity contribution >= 4 is 31.9 Å². The highest BCUT2D eigenvalue weighted by atomic mass is 79.9. The van der Waals surface area contributed by atoms with Crippen molar-refractivity contribution in [3.05, 3.63) is 62.5 Å². The molecule has 0 bridgehead atoms. The third-order valence-electron chi connectivity index (χ3n) is 3.05. The molecule has 0 saturated heterocycles. The van der Waals surface area contributed by atoms with Crippen LogP contribution in [0, 0.1) is 0 Å². The van der Waals surface area contributed by atoms with Gasteiger partial charge in [-0.3, -0.25) is 0 Å². The van der Waals surface area contributed by atoms with Crippen LogP contribution >= 0.6 is 31.9 Å². The molecule has 0 saturated carbocycles. The standard InChI is InChI=1S/C17H19Br2NO/c1-12(2)20-10-13-7-8-17(16(19)9-13)21-11-14-5-3-4-6-15(14)18/h3-9,12,20H,10-11H2,1-2H3. The maximum absolute atomic E-state index is 5.89. The summed E-state index contributed by atoms with van der Waals surface area (Å²) in [5.74, 6) is 0.860. The predicted octanol–water partition coefficient (Wildman–Crippen LogP) is 5.29. The van der Waals surface area contributed by atoms with Gasteiger partial charge in [-0.15, -0.1) is 0 Å². The van der Waals surface area contributed by atoms with Crippen molar-refractivity contribution in [3.63, 3.8) is 0 Å². The van der Waals surface area contributed by atoms with Gasteiger partial charge in [0.2, 0.25) is 0 Å². The molecule has 0 unspecified atom stereocenters. The normalized spacial score (nSPS) is 10.9. The van der Waals surface area contributed by atoms with Gasteiger partial charge >= 0.3 is 0 Å². The van der Waals surface area contributed by atoms with Gasteiger partial charge in [0.1, 0.15) is 12.4 Å². The Hall–Kier alpha value is -0.840. The lowest BCUT2D eigenvalue weighted by Crippen LogP contribution is -2.21. The van der Waals surface area contributed by atoms with Crippen molar-refractivity contribution in [1.82, 2.24) is 5.32 Å². The number of rotatable bonds is 6. The molecule has 21 heavy (non-hydrogen) atoms. The molecule has 0 atom stereocenters. The summed E-state index contributed by atoms with van der Waals surface area (Å²) < 4.78 is 7.94. The van der Waals surface area contributed by atoms with Crippen LogP contribution in [0.2, 0.25) is 0 Å². The summed E-state index contributed by atoms with van der Waals surface area (Å²) >= 11 is 7.12. The topological polar surface area (TPSA) is 21.3 Å². The van der Waals surface area contributed by atoms with Crippen LogP contribution in [0.4, 0.5) is 0 Å². The second-order valence-corrected chi connectivity index (χ2v) is 6.89. The van der Waals surface area contributed by atoms with Crippen LogP contribution < -0.4 is 10.1 Å². The third-order valence-corrected chi connectivity index (χ3v) is 4.45. The van der Waals surface area contributed by atoms with E-state index in [1.807, 2.05) is 24.3 Å². The lowest BCUT2D eigenvalue weighted by Gasteiger charge is -2.12. The van der Waals surface area contributed by atoms with Crippen LogP contribution in [0.1, 0.15) is 25.0 Å². The van der Waals surface area contributed by atoms with E-state index in [0.717, 1.165) is 26.8 Å². The van der Waals surface area contributed by atoms with Crippen LogP contribution in [-0.2, 0) is 13.2 Å². The second kappa shape index (κ2) is 7.97. The lowest BCUT2D eigenvalue weighted by atomic mass is 10.2. The Bertz CT molecular complexity index is 599. The molecule has 0 spiro atoms. The molecule has 2 nitrogen and oxygen atoms in total. The summed E-state index contributed by atoms with van der Waals surface area (Å²) in [4.78, 5) is 0. The molecule has 1 N–H and O–H groups in total. The van der Waals surface area contributed by atoms with E-state index in [1.54, 1.807) is 0 Å². The largest absolute Gasteiger partial charge is 0.488 e. The number of nitrogens with one attached hydrogen (secondary N) is 1. The van der Waals surface area contributed by atoms with E-state index < -0.39 is 0 Å². The first-order valence-corrected chi connectivity index (χ1v) is 8.53. The van der Waals surface area contributed by atoms with Gasteiger partial charge in [0.05, 0.1) is 4.47 Å². The second-order valence-electron chi connectivity index (χ2n) is 5.18. The molecule has 0 radical (unpaired) electrons. The van der Waals surface area contributed by atoms with Crippen LogP contribution in [0.15, 0.2) is 51.4 Å². The third kappa shape index (κ3) is 5.13. The first-order valence-electron chi connectivity index (χ1n) is 6.94. The summed E-state index contributed by atoms with van der Waals surface area (Å²) in [5, 5.41) is 3.41. The number of hydrogen-bond acceptors (Lipinski definition) is 2. The first kappa shape index (κ1) is 16.5. The lowest BCUT2D eigenvalue weighted by molar-refractivity contribution is 0.303. The molecule has 2 rings (SSSR count). The average Bonchev–Trinajstić information content (AvgIpc) is 2.45. The molecule has 4 heteroatoms. The van der Waals surface area contributed by atoms with Crippen molar-refractivity contribution in [1.29, 1.82) is 0 Å². The quantitative estimate of drug-likeness (QED) is 0.695. The van der Waals surface area contributed by atoms with Crippen molar-refractivity contribution in [3.8, 4) is 5.75 Å². The summed E-state index contributed by atoms with van der Waals surface area (Å²) in [6.07, 6.45) is 0. The average molecular weight is 413 g/mol. The van der Waals surface area contributed by atoms with Crippen molar-refractivity contribution < 1.29 is 4.74 Å². The fourth-order valence-electron chi connectivity index (χ4n) is 1.86. The SMILES string of the molecule is CC(C)NCc1ccc(OCc2ccccc2Br)c(Br)c1. The van der Waals surface area contributed by atoms with Gasteiger partial charge in [0.25, 0.3) is 0 Å². The Kier molecular flexibility index (Phi) is 6.27. The molecule has 0 aliphatic rings. The van der Waals surface area contributed by atoms with E-state index in [1.165, 1.54) is 5.56 Å². The van der Waals surface area contributed by atoms with E-state index >= 15 is 0 Å². The zero-order valence-electron chi connectivity index (χ0n) is 12.2. The molecular formula is C17H19Br2NO. The highest BCUT2D eigenvalue weighted by Crippen LogP contribution is 2.27. The minimum Gasteiger partial charge on any atom is -0.488 e.